The fraction of sp³-hybridized carbons (Fsp3) is 0.364. The number of benzene rings is 3. The lowest BCUT2D eigenvalue weighted by Gasteiger charge is -2.19. The second kappa shape index (κ2) is 11.7. The Kier molecular flexibility index (Phi) is 8.74. The number of ether oxygens (including phenoxy) is 1. The van der Waals surface area contributed by atoms with Gasteiger partial charge in [0.1, 0.15) is 29.5 Å². The van der Waals surface area contributed by atoms with Gasteiger partial charge in [-0.2, -0.15) is 9.13 Å². The van der Waals surface area contributed by atoms with E-state index in [1.807, 2.05) is 18.2 Å². The number of rotatable bonds is 8. The number of hydrogen-bond donors (Lipinski definition) is 0. The number of imidazole rings is 1. The Morgan fingerprint density at radius 1 is 0.737 bits per heavy atom. The van der Waals surface area contributed by atoms with Gasteiger partial charge in [-0.25, -0.2) is 0 Å². The lowest BCUT2D eigenvalue weighted by atomic mass is 9.92. The molecular formula is C33H39BrClN2O+. The quantitative estimate of drug-likeness (QED) is 0.186. The van der Waals surface area contributed by atoms with Crippen LogP contribution in [0.1, 0.15) is 101 Å². The molecule has 0 atom stereocenters. The maximum Gasteiger partial charge on any atom is 0.472 e. The fourth-order valence-corrected chi connectivity index (χ4v) is 5.52. The van der Waals surface area contributed by atoms with Crippen LogP contribution in [0.25, 0.3) is 11.4 Å². The first kappa shape index (κ1) is 28.4. The van der Waals surface area contributed by atoms with Crippen LogP contribution in [0, 0.1) is 0 Å². The van der Waals surface area contributed by atoms with E-state index in [0.29, 0.717) is 28.7 Å². The van der Waals surface area contributed by atoms with Gasteiger partial charge >= 0.3 is 6.01 Å². The smallest absolute Gasteiger partial charge is 0.391 e. The van der Waals surface area contributed by atoms with Crippen LogP contribution >= 0.6 is 27.5 Å². The summed E-state index contributed by atoms with van der Waals surface area (Å²) in [7, 11) is 0. The summed E-state index contributed by atoms with van der Waals surface area (Å²) in [6.45, 7) is 18.0. The van der Waals surface area contributed by atoms with Crippen LogP contribution in [0.2, 0.25) is 5.02 Å². The Morgan fingerprint density at radius 2 is 1.24 bits per heavy atom. The summed E-state index contributed by atoms with van der Waals surface area (Å²) in [5.41, 5.74) is 7.55. The standard InChI is InChI=1S/C33H39BrClN2O/c1-20(2)25-11-9-12-26(21(3)4)31(25)36-17-18-37(33(36)38-24-15-16-30(35)29(34)19-24)32-27(22(5)6)13-10-14-28(32)23(7)8/h9-23H,1-8H3/q+1. The highest BCUT2D eigenvalue weighted by molar-refractivity contribution is 9.10. The molecule has 38 heavy (non-hydrogen) atoms. The predicted molar refractivity (Wildman–Crippen MR) is 163 cm³/mol. The molecule has 3 nitrogen and oxygen atoms in total. The Labute approximate surface area is 241 Å². The van der Waals surface area contributed by atoms with E-state index in [2.05, 4.69) is 129 Å². The summed E-state index contributed by atoms with van der Waals surface area (Å²) in [5, 5.41) is 0.653. The van der Waals surface area contributed by atoms with E-state index in [-0.39, 0.29) is 0 Å². The molecule has 0 aliphatic carbocycles. The minimum Gasteiger partial charge on any atom is -0.391 e. The van der Waals surface area contributed by atoms with Crippen molar-refractivity contribution in [3.05, 3.63) is 98.7 Å². The molecule has 1 aromatic heterocycles. The number of aromatic nitrogens is 2. The van der Waals surface area contributed by atoms with Crippen LogP contribution in [0.3, 0.4) is 0 Å². The van der Waals surface area contributed by atoms with Crippen LogP contribution in [-0.2, 0) is 0 Å². The van der Waals surface area contributed by atoms with E-state index in [0.717, 1.165) is 16.2 Å². The summed E-state index contributed by atoms with van der Waals surface area (Å²) in [6.07, 6.45) is 4.29. The maximum atomic E-state index is 6.80. The molecule has 0 bridgehead atoms. The molecule has 4 rings (SSSR count). The SMILES string of the molecule is CC(C)c1cccc(C(C)C)c1-n1cc[n+](-c2c(C(C)C)cccc2C(C)C)c1Oc1ccc(Cl)c(Br)c1. The zero-order chi connectivity index (χ0) is 27.7. The van der Waals surface area contributed by atoms with Gasteiger partial charge in [-0.1, -0.05) is 103 Å². The Balaban J connectivity index is 2.09. The molecule has 1 heterocycles. The van der Waals surface area contributed by atoms with Crippen molar-refractivity contribution in [2.75, 3.05) is 0 Å². The molecule has 5 heteroatoms. The highest BCUT2D eigenvalue weighted by Gasteiger charge is 2.31. The van der Waals surface area contributed by atoms with Gasteiger partial charge in [-0.3, -0.25) is 0 Å². The van der Waals surface area contributed by atoms with Crippen molar-refractivity contribution in [1.82, 2.24) is 4.57 Å². The van der Waals surface area contributed by atoms with Crippen molar-refractivity contribution in [3.8, 4) is 23.1 Å². The van der Waals surface area contributed by atoms with Gasteiger partial charge in [0.05, 0.1) is 5.02 Å². The number of halogens is 2. The molecule has 4 aromatic rings. The van der Waals surface area contributed by atoms with Crippen LogP contribution < -0.4 is 9.30 Å². The third kappa shape index (κ3) is 5.58. The first-order valence-electron chi connectivity index (χ1n) is 13.5. The lowest BCUT2D eigenvalue weighted by molar-refractivity contribution is -0.602. The van der Waals surface area contributed by atoms with Crippen LogP contribution in [0.4, 0.5) is 0 Å². The maximum absolute atomic E-state index is 6.80. The number of nitrogens with zero attached hydrogens (tertiary/aromatic N) is 2. The molecule has 0 N–H and O–H groups in total. The van der Waals surface area contributed by atoms with Gasteiger partial charge in [0.15, 0.2) is 0 Å². The van der Waals surface area contributed by atoms with Crippen molar-refractivity contribution < 1.29 is 9.30 Å². The van der Waals surface area contributed by atoms with Crippen molar-refractivity contribution in [3.63, 3.8) is 0 Å². The van der Waals surface area contributed by atoms with Crippen molar-refractivity contribution in [2.24, 2.45) is 0 Å². The highest BCUT2D eigenvalue weighted by atomic mass is 79.9. The third-order valence-corrected chi connectivity index (χ3v) is 8.26. The van der Waals surface area contributed by atoms with E-state index >= 15 is 0 Å². The van der Waals surface area contributed by atoms with Gasteiger partial charge in [0.2, 0.25) is 0 Å². The Hall–Kier alpha value is -2.56. The van der Waals surface area contributed by atoms with Crippen molar-refractivity contribution in [1.29, 1.82) is 0 Å². The fourth-order valence-electron chi connectivity index (χ4n) is 5.04. The van der Waals surface area contributed by atoms with Crippen molar-refractivity contribution in [2.45, 2.75) is 79.1 Å². The van der Waals surface area contributed by atoms with Gasteiger partial charge in [0.25, 0.3) is 0 Å². The molecule has 200 valence electrons. The van der Waals surface area contributed by atoms with Crippen molar-refractivity contribution >= 4 is 27.5 Å². The molecule has 0 radical (unpaired) electrons. The summed E-state index contributed by atoms with van der Waals surface area (Å²) in [5.74, 6) is 2.13. The second-order valence-corrected chi connectivity index (χ2v) is 12.4. The zero-order valence-electron chi connectivity index (χ0n) is 23.7. The van der Waals surface area contributed by atoms with Gasteiger partial charge in [-0.15, -0.1) is 0 Å². The molecule has 3 aromatic carbocycles. The van der Waals surface area contributed by atoms with Gasteiger partial charge < -0.3 is 4.74 Å². The summed E-state index contributed by atoms with van der Waals surface area (Å²) in [4.78, 5) is 0. The van der Waals surface area contributed by atoms with Crippen LogP contribution in [0.15, 0.2) is 71.5 Å². The Morgan fingerprint density at radius 3 is 1.71 bits per heavy atom. The first-order chi connectivity index (χ1) is 18.0. The molecule has 0 fully saturated rings. The average Bonchev–Trinajstić information content (AvgIpc) is 3.27. The van der Waals surface area contributed by atoms with E-state index in [1.54, 1.807) is 0 Å². The van der Waals surface area contributed by atoms with Gasteiger partial charge in [0, 0.05) is 26.7 Å². The van der Waals surface area contributed by atoms with Crippen LogP contribution in [-0.4, -0.2) is 4.57 Å². The number of hydrogen-bond acceptors (Lipinski definition) is 1. The Bertz CT molecular complexity index is 1300. The summed E-state index contributed by atoms with van der Waals surface area (Å²) >= 11 is 9.90. The highest BCUT2D eigenvalue weighted by Crippen LogP contribution is 2.37. The van der Waals surface area contributed by atoms with E-state index < -0.39 is 0 Å². The minimum absolute atomic E-state index is 0.353. The predicted octanol–water partition coefficient (Wildman–Crippen LogP) is 10.5. The second-order valence-electron chi connectivity index (χ2n) is 11.2. The summed E-state index contributed by atoms with van der Waals surface area (Å²) in [6, 6.07) is 19.7. The van der Waals surface area contributed by atoms with Gasteiger partial charge in [-0.05, 0) is 57.8 Å². The summed E-state index contributed by atoms with van der Waals surface area (Å²) < 4.78 is 12.1. The molecule has 0 aliphatic rings. The molecule has 0 spiro atoms. The minimum atomic E-state index is 0.353. The van der Waals surface area contributed by atoms with Crippen LogP contribution in [0.5, 0.6) is 11.8 Å². The zero-order valence-corrected chi connectivity index (χ0v) is 26.1. The number of para-hydroxylation sites is 2. The van der Waals surface area contributed by atoms with E-state index in [9.17, 15) is 0 Å². The molecule has 0 unspecified atom stereocenters. The monoisotopic (exact) mass is 593 g/mol. The molecular weight excluding hydrogens is 556 g/mol. The molecule has 0 amide bonds. The lowest BCUT2D eigenvalue weighted by Crippen LogP contribution is -2.34. The topological polar surface area (TPSA) is 18.0 Å². The van der Waals surface area contributed by atoms with E-state index in [4.69, 9.17) is 16.3 Å². The average molecular weight is 595 g/mol. The molecule has 0 saturated carbocycles. The third-order valence-electron chi connectivity index (χ3n) is 7.04. The molecule has 0 saturated heterocycles. The normalized spacial score (nSPS) is 11.8. The first-order valence-corrected chi connectivity index (χ1v) is 14.7. The molecule has 0 aliphatic heterocycles. The van der Waals surface area contributed by atoms with E-state index in [1.165, 1.54) is 33.6 Å². The largest absolute Gasteiger partial charge is 0.472 e.